The molecule has 0 atom stereocenters. The van der Waals surface area contributed by atoms with Crippen molar-refractivity contribution >= 4 is 11.3 Å². The number of aryl methyl sites for hydroxylation is 1. The second-order valence-corrected chi connectivity index (χ2v) is 2.52. The van der Waals surface area contributed by atoms with E-state index in [4.69, 9.17) is 0 Å². The third-order valence-corrected chi connectivity index (χ3v) is 1.31. The minimum absolute atomic E-state index is 0.231. The standard InChI is InChI=1S/C4H4N2OS/c1-3-2-5-6-4(7)8-3/h2H,1H3. The summed E-state index contributed by atoms with van der Waals surface area (Å²) in [4.78, 5) is 11.0. The third kappa shape index (κ3) is 1.10. The van der Waals surface area contributed by atoms with Crippen molar-refractivity contribution in [2.24, 2.45) is 0 Å². The van der Waals surface area contributed by atoms with Crippen LogP contribution in [0.15, 0.2) is 11.0 Å². The van der Waals surface area contributed by atoms with Gasteiger partial charge in [0.15, 0.2) is 0 Å². The Morgan fingerprint density at radius 2 is 2.50 bits per heavy atom. The maximum absolute atomic E-state index is 10.3. The van der Waals surface area contributed by atoms with Gasteiger partial charge in [0.25, 0.3) is 0 Å². The number of aromatic nitrogens is 2. The summed E-state index contributed by atoms with van der Waals surface area (Å²) in [5.74, 6) is 0. The molecule has 42 valence electrons. The predicted molar refractivity (Wildman–Crippen MR) is 30.9 cm³/mol. The van der Waals surface area contributed by atoms with Crippen LogP contribution in [0.4, 0.5) is 0 Å². The largest absolute Gasteiger partial charge is 0.345 e. The zero-order chi connectivity index (χ0) is 5.98. The quantitative estimate of drug-likeness (QED) is 0.501. The number of hydrogen-bond acceptors (Lipinski definition) is 4. The van der Waals surface area contributed by atoms with Gasteiger partial charge in [-0.2, -0.15) is 5.10 Å². The molecule has 1 heterocycles. The first-order valence-electron chi connectivity index (χ1n) is 2.08. The highest BCUT2D eigenvalue weighted by molar-refractivity contribution is 7.08. The van der Waals surface area contributed by atoms with Crippen LogP contribution < -0.4 is 4.87 Å². The number of hydrogen-bond donors (Lipinski definition) is 0. The summed E-state index contributed by atoms with van der Waals surface area (Å²) in [6.45, 7) is 1.82. The van der Waals surface area contributed by atoms with Crippen molar-refractivity contribution in [3.63, 3.8) is 0 Å². The van der Waals surface area contributed by atoms with Gasteiger partial charge in [-0.1, -0.05) is 16.4 Å². The molecule has 0 saturated heterocycles. The van der Waals surface area contributed by atoms with Crippen LogP contribution in [0.1, 0.15) is 4.88 Å². The van der Waals surface area contributed by atoms with Crippen molar-refractivity contribution in [1.82, 2.24) is 10.2 Å². The molecular weight excluding hydrogens is 124 g/mol. The smallest absolute Gasteiger partial charge is 0.253 e. The van der Waals surface area contributed by atoms with Crippen molar-refractivity contribution in [3.8, 4) is 0 Å². The molecule has 3 nitrogen and oxygen atoms in total. The summed E-state index contributed by atoms with van der Waals surface area (Å²) in [5.41, 5.74) is 0. The maximum atomic E-state index is 10.3. The molecule has 0 amide bonds. The molecule has 0 aliphatic heterocycles. The van der Waals surface area contributed by atoms with E-state index in [1.807, 2.05) is 6.92 Å². The van der Waals surface area contributed by atoms with E-state index in [1.165, 1.54) is 0 Å². The molecule has 0 fully saturated rings. The molecule has 4 heteroatoms. The lowest BCUT2D eigenvalue weighted by atomic mass is 10.7. The highest BCUT2D eigenvalue weighted by Gasteiger charge is 1.84. The van der Waals surface area contributed by atoms with E-state index in [0.29, 0.717) is 0 Å². The van der Waals surface area contributed by atoms with E-state index < -0.39 is 0 Å². The SMILES string of the molecule is Cc1cnnc(=O)s1. The fourth-order valence-corrected chi connectivity index (χ4v) is 0.805. The summed E-state index contributed by atoms with van der Waals surface area (Å²) in [7, 11) is 0. The first-order chi connectivity index (χ1) is 3.79. The van der Waals surface area contributed by atoms with E-state index in [-0.39, 0.29) is 4.87 Å². The number of nitrogens with zero attached hydrogens (tertiary/aromatic N) is 2. The van der Waals surface area contributed by atoms with Crippen LogP contribution in [0.25, 0.3) is 0 Å². The van der Waals surface area contributed by atoms with Crippen LogP contribution in [-0.2, 0) is 0 Å². The molecule has 0 radical (unpaired) electrons. The van der Waals surface area contributed by atoms with Crippen LogP contribution in [-0.4, -0.2) is 10.2 Å². The lowest BCUT2D eigenvalue weighted by molar-refractivity contribution is 1.01. The van der Waals surface area contributed by atoms with Gasteiger partial charge >= 0.3 is 4.87 Å². The van der Waals surface area contributed by atoms with Gasteiger partial charge in [0.1, 0.15) is 0 Å². The molecule has 0 aromatic carbocycles. The van der Waals surface area contributed by atoms with Gasteiger partial charge in [0.2, 0.25) is 0 Å². The highest BCUT2D eigenvalue weighted by atomic mass is 32.1. The Morgan fingerprint density at radius 3 is 2.88 bits per heavy atom. The molecule has 8 heavy (non-hydrogen) atoms. The van der Waals surface area contributed by atoms with Gasteiger partial charge in [-0.3, -0.25) is 4.79 Å². The second-order valence-electron chi connectivity index (χ2n) is 1.32. The second kappa shape index (κ2) is 2.00. The Bertz CT molecular complexity index is 231. The van der Waals surface area contributed by atoms with E-state index in [0.717, 1.165) is 16.2 Å². The fourth-order valence-electron chi connectivity index (χ4n) is 0.342. The molecule has 1 aromatic heterocycles. The normalized spacial score (nSPS) is 9.12. The molecule has 0 aliphatic carbocycles. The first-order valence-corrected chi connectivity index (χ1v) is 2.90. The summed E-state index contributed by atoms with van der Waals surface area (Å²) < 4.78 is 0. The van der Waals surface area contributed by atoms with E-state index in [9.17, 15) is 4.79 Å². The average Bonchev–Trinajstić information content (AvgIpc) is 1.64. The van der Waals surface area contributed by atoms with Gasteiger partial charge in [-0.25, -0.2) is 0 Å². The third-order valence-electron chi connectivity index (χ3n) is 0.627. The maximum Gasteiger partial charge on any atom is 0.345 e. The van der Waals surface area contributed by atoms with Crippen molar-refractivity contribution in [1.29, 1.82) is 0 Å². The lowest BCUT2D eigenvalue weighted by Crippen LogP contribution is -2.00. The monoisotopic (exact) mass is 128 g/mol. The van der Waals surface area contributed by atoms with Gasteiger partial charge in [-0.15, -0.1) is 0 Å². The van der Waals surface area contributed by atoms with Crippen LogP contribution in [0.5, 0.6) is 0 Å². The van der Waals surface area contributed by atoms with Crippen LogP contribution in [0, 0.1) is 6.92 Å². The molecule has 1 aromatic rings. The Balaban J connectivity index is 3.28. The highest BCUT2D eigenvalue weighted by Crippen LogP contribution is 1.91. The van der Waals surface area contributed by atoms with Crippen LogP contribution in [0.3, 0.4) is 0 Å². The summed E-state index contributed by atoms with van der Waals surface area (Å²) in [5, 5.41) is 6.68. The molecule has 1 rings (SSSR count). The Kier molecular flexibility index (Phi) is 1.34. The first kappa shape index (κ1) is 5.37. The summed E-state index contributed by atoms with van der Waals surface area (Å²) >= 11 is 1.10. The van der Waals surface area contributed by atoms with Gasteiger partial charge in [0.05, 0.1) is 6.20 Å². The summed E-state index contributed by atoms with van der Waals surface area (Å²) in [6.07, 6.45) is 1.56. The zero-order valence-corrected chi connectivity index (χ0v) is 5.10. The average molecular weight is 128 g/mol. The fraction of sp³-hybridized carbons (Fsp3) is 0.250. The van der Waals surface area contributed by atoms with Crippen molar-refractivity contribution in [3.05, 3.63) is 20.7 Å². The Morgan fingerprint density at radius 1 is 1.75 bits per heavy atom. The van der Waals surface area contributed by atoms with Crippen molar-refractivity contribution in [2.75, 3.05) is 0 Å². The molecule has 0 aliphatic rings. The Hall–Kier alpha value is -0.770. The Labute approximate surface area is 50.0 Å². The summed E-state index contributed by atoms with van der Waals surface area (Å²) in [6, 6.07) is 0. The van der Waals surface area contributed by atoms with E-state index in [2.05, 4.69) is 10.2 Å². The minimum Gasteiger partial charge on any atom is -0.253 e. The van der Waals surface area contributed by atoms with Crippen molar-refractivity contribution < 1.29 is 0 Å². The molecule has 0 N–H and O–H groups in total. The lowest BCUT2D eigenvalue weighted by Gasteiger charge is -1.79. The van der Waals surface area contributed by atoms with Gasteiger partial charge < -0.3 is 0 Å². The predicted octanol–water partition coefficient (Wildman–Crippen LogP) is 0.207. The number of rotatable bonds is 0. The molecule has 0 bridgehead atoms. The van der Waals surface area contributed by atoms with E-state index in [1.54, 1.807) is 6.20 Å². The molecule has 0 spiro atoms. The van der Waals surface area contributed by atoms with Crippen LogP contribution >= 0.6 is 11.3 Å². The molecule has 0 unspecified atom stereocenters. The minimum atomic E-state index is -0.231. The van der Waals surface area contributed by atoms with Crippen LogP contribution in [0.2, 0.25) is 0 Å². The zero-order valence-electron chi connectivity index (χ0n) is 4.29. The topological polar surface area (TPSA) is 42.9 Å². The molecular formula is C4H4N2OS. The van der Waals surface area contributed by atoms with Gasteiger partial charge in [-0.05, 0) is 6.92 Å². The van der Waals surface area contributed by atoms with Crippen molar-refractivity contribution in [2.45, 2.75) is 6.92 Å². The van der Waals surface area contributed by atoms with Gasteiger partial charge in [0, 0.05) is 4.88 Å². The van der Waals surface area contributed by atoms with E-state index >= 15 is 0 Å². The molecule has 0 saturated carbocycles.